The molecule has 2 nitrogen and oxygen atoms in total. The van der Waals surface area contributed by atoms with Crippen molar-refractivity contribution in [3.05, 3.63) is 12.2 Å². The van der Waals surface area contributed by atoms with Crippen molar-refractivity contribution in [3.63, 3.8) is 0 Å². The molecule has 1 aliphatic carbocycles. The number of nitrogens with zero attached hydrogens (tertiary/aromatic N) is 1. The van der Waals surface area contributed by atoms with Gasteiger partial charge in [-0.3, -0.25) is 4.90 Å². The summed E-state index contributed by atoms with van der Waals surface area (Å²) in [7, 11) is 0. The molecule has 0 aromatic heterocycles. The maximum Gasteiger partial charge on any atom is 0.0304 e. The van der Waals surface area contributed by atoms with Crippen LogP contribution in [-0.4, -0.2) is 36.1 Å². The predicted octanol–water partition coefficient (Wildman–Crippen LogP) is 2.81. The van der Waals surface area contributed by atoms with Crippen LogP contribution in [0.3, 0.4) is 0 Å². The second-order valence-corrected chi connectivity index (χ2v) is 5.77. The Hall–Kier alpha value is -0.340. The lowest BCUT2D eigenvalue weighted by molar-refractivity contribution is 0.0720. The summed E-state index contributed by atoms with van der Waals surface area (Å²) in [5.41, 5.74) is 0.368. The predicted molar refractivity (Wildman–Crippen MR) is 74.2 cm³/mol. The highest BCUT2D eigenvalue weighted by molar-refractivity contribution is 5.02. The van der Waals surface area contributed by atoms with Crippen molar-refractivity contribution >= 4 is 0 Å². The van der Waals surface area contributed by atoms with Gasteiger partial charge in [0.25, 0.3) is 0 Å². The van der Waals surface area contributed by atoms with Crippen LogP contribution in [0.1, 0.15) is 46.5 Å². The third-order valence-electron chi connectivity index (χ3n) is 4.76. The van der Waals surface area contributed by atoms with Gasteiger partial charge in [0, 0.05) is 31.2 Å². The van der Waals surface area contributed by atoms with Crippen molar-refractivity contribution in [2.45, 2.75) is 58.0 Å². The van der Waals surface area contributed by atoms with E-state index in [1.54, 1.807) is 0 Å². The average molecular weight is 236 g/mol. The molecule has 1 unspecified atom stereocenters. The summed E-state index contributed by atoms with van der Waals surface area (Å²) in [5.74, 6) is 0.972. The van der Waals surface area contributed by atoms with Crippen LogP contribution < -0.4 is 5.32 Å². The van der Waals surface area contributed by atoms with Crippen LogP contribution in [0.5, 0.6) is 0 Å². The number of allylic oxidation sites excluding steroid dienone is 1. The third kappa shape index (κ3) is 2.92. The van der Waals surface area contributed by atoms with E-state index in [1.165, 1.54) is 38.8 Å². The lowest BCUT2D eigenvalue weighted by Crippen LogP contribution is -2.64. The highest BCUT2D eigenvalue weighted by Crippen LogP contribution is 2.38. The van der Waals surface area contributed by atoms with Gasteiger partial charge in [0.15, 0.2) is 0 Å². The Morgan fingerprint density at radius 2 is 2.00 bits per heavy atom. The zero-order valence-corrected chi connectivity index (χ0v) is 11.7. The quantitative estimate of drug-likeness (QED) is 0.738. The normalized spacial score (nSPS) is 29.9. The van der Waals surface area contributed by atoms with E-state index in [0.29, 0.717) is 5.54 Å². The summed E-state index contributed by atoms with van der Waals surface area (Å²) in [6, 6.07) is 0.789. The van der Waals surface area contributed by atoms with Gasteiger partial charge < -0.3 is 5.32 Å². The highest BCUT2D eigenvalue weighted by Gasteiger charge is 2.42. The van der Waals surface area contributed by atoms with E-state index in [-0.39, 0.29) is 0 Å². The number of hydrogen-bond acceptors (Lipinski definition) is 2. The largest absolute Gasteiger partial charge is 0.308 e. The van der Waals surface area contributed by atoms with Gasteiger partial charge in [-0.05, 0) is 38.5 Å². The standard InChI is InChI=1S/C15H28N2/c1-4-7-10-17-12-15(5-2,6-3)16-11-14(17)13-8-9-13/h4,7,13-14,16H,5-6,8-12H2,1-3H3/b7-4+. The molecular weight excluding hydrogens is 208 g/mol. The molecule has 0 bridgehead atoms. The van der Waals surface area contributed by atoms with Crippen molar-refractivity contribution in [1.29, 1.82) is 0 Å². The van der Waals surface area contributed by atoms with E-state index in [0.717, 1.165) is 18.5 Å². The second kappa shape index (κ2) is 5.53. The summed E-state index contributed by atoms with van der Waals surface area (Å²) in [4.78, 5) is 2.72. The van der Waals surface area contributed by atoms with Crippen molar-refractivity contribution in [2.24, 2.45) is 5.92 Å². The molecule has 2 aliphatic rings. The molecule has 0 radical (unpaired) electrons. The minimum absolute atomic E-state index is 0.368. The summed E-state index contributed by atoms with van der Waals surface area (Å²) in [5, 5.41) is 3.84. The van der Waals surface area contributed by atoms with E-state index < -0.39 is 0 Å². The van der Waals surface area contributed by atoms with Crippen molar-refractivity contribution in [3.8, 4) is 0 Å². The molecule has 1 saturated carbocycles. The summed E-state index contributed by atoms with van der Waals surface area (Å²) < 4.78 is 0. The lowest BCUT2D eigenvalue weighted by Gasteiger charge is -2.47. The molecule has 1 N–H and O–H groups in total. The maximum atomic E-state index is 3.84. The van der Waals surface area contributed by atoms with Gasteiger partial charge in [-0.15, -0.1) is 0 Å². The molecule has 1 atom stereocenters. The minimum atomic E-state index is 0.368. The molecule has 2 rings (SSSR count). The number of nitrogens with one attached hydrogen (secondary N) is 1. The van der Waals surface area contributed by atoms with E-state index in [2.05, 4.69) is 43.1 Å². The topological polar surface area (TPSA) is 15.3 Å². The number of rotatable bonds is 5. The second-order valence-electron chi connectivity index (χ2n) is 5.77. The zero-order valence-electron chi connectivity index (χ0n) is 11.7. The van der Waals surface area contributed by atoms with Gasteiger partial charge in [0.2, 0.25) is 0 Å². The number of hydrogen-bond donors (Lipinski definition) is 1. The van der Waals surface area contributed by atoms with Crippen LogP contribution in [0.25, 0.3) is 0 Å². The highest BCUT2D eigenvalue weighted by atomic mass is 15.3. The molecular formula is C15H28N2. The first-order chi connectivity index (χ1) is 8.24. The summed E-state index contributed by atoms with van der Waals surface area (Å²) in [6.45, 7) is 10.3. The van der Waals surface area contributed by atoms with Crippen LogP contribution in [-0.2, 0) is 0 Å². The fourth-order valence-electron chi connectivity index (χ4n) is 3.12. The Morgan fingerprint density at radius 3 is 2.53 bits per heavy atom. The molecule has 98 valence electrons. The summed E-state index contributed by atoms with van der Waals surface area (Å²) >= 11 is 0. The van der Waals surface area contributed by atoms with E-state index in [1.807, 2.05) is 0 Å². The molecule has 1 heterocycles. The van der Waals surface area contributed by atoms with Crippen LogP contribution in [0, 0.1) is 5.92 Å². The molecule has 0 aromatic rings. The molecule has 1 saturated heterocycles. The van der Waals surface area contributed by atoms with E-state index >= 15 is 0 Å². The molecule has 0 spiro atoms. The molecule has 0 amide bonds. The van der Waals surface area contributed by atoms with Crippen LogP contribution in [0.2, 0.25) is 0 Å². The van der Waals surface area contributed by atoms with Crippen molar-refractivity contribution < 1.29 is 0 Å². The first kappa shape index (κ1) is 13.1. The molecule has 1 aliphatic heterocycles. The molecule has 2 fully saturated rings. The SMILES string of the molecule is C/C=C/CN1CC(CC)(CC)NCC1C1CC1. The van der Waals surface area contributed by atoms with Gasteiger partial charge in [0.1, 0.15) is 0 Å². The summed E-state index contributed by atoms with van der Waals surface area (Å²) in [6.07, 6.45) is 9.89. The zero-order chi connectivity index (χ0) is 12.3. The van der Waals surface area contributed by atoms with Gasteiger partial charge >= 0.3 is 0 Å². The maximum absolute atomic E-state index is 3.84. The van der Waals surface area contributed by atoms with E-state index in [4.69, 9.17) is 0 Å². The minimum Gasteiger partial charge on any atom is -0.308 e. The monoisotopic (exact) mass is 236 g/mol. The first-order valence-corrected chi connectivity index (χ1v) is 7.35. The average Bonchev–Trinajstić information content (AvgIpc) is 3.20. The number of piperazine rings is 1. The van der Waals surface area contributed by atoms with Gasteiger partial charge in [0.05, 0.1) is 0 Å². The Kier molecular flexibility index (Phi) is 4.26. The fourth-order valence-corrected chi connectivity index (χ4v) is 3.12. The fraction of sp³-hybridized carbons (Fsp3) is 0.867. The van der Waals surface area contributed by atoms with Crippen LogP contribution in [0.4, 0.5) is 0 Å². The first-order valence-electron chi connectivity index (χ1n) is 7.35. The Labute approximate surface area is 106 Å². The molecule has 0 aromatic carbocycles. The van der Waals surface area contributed by atoms with Gasteiger partial charge in [-0.25, -0.2) is 0 Å². The van der Waals surface area contributed by atoms with Gasteiger partial charge in [-0.2, -0.15) is 0 Å². The lowest BCUT2D eigenvalue weighted by atomic mass is 9.87. The Balaban J connectivity index is 2.03. The Bertz CT molecular complexity index is 264. The van der Waals surface area contributed by atoms with Crippen molar-refractivity contribution in [2.75, 3.05) is 19.6 Å². The van der Waals surface area contributed by atoms with Crippen LogP contribution >= 0.6 is 0 Å². The third-order valence-corrected chi connectivity index (χ3v) is 4.76. The van der Waals surface area contributed by atoms with Crippen molar-refractivity contribution in [1.82, 2.24) is 10.2 Å². The smallest absolute Gasteiger partial charge is 0.0304 e. The van der Waals surface area contributed by atoms with Crippen LogP contribution in [0.15, 0.2) is 12.2 Å². The van der Waals surface area contributed by atoms with Gasteiger partial charge in [-0.1, -0.05) is 26.0 Å². The molecule has 17 heavy (non-hydrogen) atoms. The molecule has 2 heteroatoms. The van der Waals surface area contributed by atoms with E-state index in [9.17, 15) is 0 Å². The Morgan fingerprint density at radius 1 is 1.29 bits per heavy atom.